The summed E-state index contributed by atoms with van der Waals surface area (Å²) < 4.78 is 15.9. The molecule has 1 saturated heterocycles. The summed E-state index contributed by atoms with van der Waals surface area (Å²) in [6.07, 6.45) is 3.09. The number of benzene rings is 1. The van der Waals surface area contributed by atoms with Gasteiger partial charge in [-0.1, -0.05) is 6.07 Å². The topological polar surface area (TPSA) is 85.9 Å². The number of nitrogens with one attached hydrogen (secondary N) is 2. The van der Waals surface area contributed by atoms with Gasteiger partial charge in [0.2, 0.25) is 5.91 Å². The Balaban J connectivity index is 1.68. The summed E-state index contributed by atoms with van der Waals surface area (Å²) in [6.45, 7) is 0.604. The molecule has 2 fully saturated rings. The number of methoxy groups -OCH3 is 3. The number of hydrogen-bond acceptors (Lipinski definition) is 5. The summed E-state index contributed by atoms with van der Waals surface area (Å²) in [6, 6.07) is 5.34. The molecule has 7 nitrogen and oxygen atoms in total. The molecule has 4 atom stereocenters. The zero-order valence-electron chi connectivity index (χ0n) is 16.1. The highest BCUT2D eigenvalue weighted by Crippen LogP contribution is 2.36. The zero-order valence-corrected chi connectivity index (χ0v) is 16.1. The third kappa shape index (κ3) is 4.18. The first kappa shape index (κ1) is 19.5. The van der Waals surface area contributed by atoms with Gasteiger partial charge in [0.1, 0.15) is 0 Å². The van der Waals surface area contributed by atoms with Crippen molar-refractivity contribution in [3.05, 3.63) is 23.8 Å². The average molecular weight is 376 g/mol. The smallest absolute Gasteiger partial charge is 0.255 e. The van der Waals surface area contributed by atoms with Crippen LogP contribution in [0.25, 0.3) is 0 Å². The van der Waals surface area contributed by atoms with Crippen molar-refractivity contribution in [3.8, 4) is 11.5 Å². The maximum Gasteiger partial charge on any atom is 0.255 e. The fourth-order valence-corrected chi connectivity index (χ4v) is 4.44. The van der Waals surface area contributed by atoms with E-state index in [4.69, 9.17) is 14.2 Å². The number of carbonyl (C=O) groups is 2. The van der Waals surface area contributed by atoms with Gasteiger partial charge in [-0.25, -0.2) is 0 Å². The van der Waals surface area contributed by atoms with Crippen LogP contribution in [0.3, 0.4) is 0 Å². The first-order chi connectivity index (χ1) is 13.1. The van der Waals surface area contributed by atoms with Gasteiger partial charge in [-0.15, -0.1) is 0 Å². The van der Waals surface area contributed by atoms with Gasteiger partial charge in [-0.3, -0.25) is 9.59 Å². The van der Waals surface area contributed by atoms with Crippen molar-refractivity contribution >= 4 is 11.8 Å². The van der Waals surface area contributed by atoms with Gasteiger partial charge in [-0.2, -0.15) is 0 Å². The van der Waals surface area contributed by atoms with Crippen LogP contribution >= 0.6 is 0 Å². The van der Waals surface area contributed by atoms with Gasteiger partial charge < -0.3 is 24.8 Å². The maximum absolute atomic E-state index is 12.8. The predicted molar refractivity (Wildman–Crippen MR) is 100 cm³/mol. The highest BCUT2D eigenvalue weighted by molar-refractivity contribution is 5.98. The van der Waals surface area contributed by atoms with Crippen LogP contribution in [0, 0.1) is 11.8 Å². The third-order valence-electron chi connectivity index (χ3n) is 5.67. The molecule has 27 heavy (non-hydrogen) atoms. The van der Waals surface area contributed by atoms with Gasteiger partial charge in [0.15, 0.2) is 11.5 Å². The Kier molecular flexibility index (Phi) is 6.21. The number of rotatable bonds is 6. The minimum atomic E-state index is -0.190. The highest BCUT2D eigenvalue weighted by Gasteiger charge is 2.41. The summed E-state index contributed by atoms with van der Waals surface area (Å²) >= 11 is 0. The molecule has 0 bridgehead atoms. The lowest BCUT2D eigenvalue weighted by atomic mass is 9.71. The van der Waals surface area contributed by atoms with E-state index in [1.54, 1.807) is 32.4 Å². The van der Waals surface area contributed by atoms with Crippen molar-refractivity contribution < 1.29 is 23.8 Å². The van der Waals surface area contributed by atoms with E-state index in [1.165, 1.54) is 7.11 Å². The molecule has 4 unspecified atom stereocenters. The molecule has 3 rings (SSSR count). The fraction of sp³-hybridized carbons (Fsp3) is 0.600. The minimum Gasteiger partial charge on any atom is -0.493 e. The Morgan fingerprint density at radius 3 is 2.74 bits per heavy atom. The second kappa shape index (κ2) is 8.61. The first-order valence-electron chi connectivity index (χ1n) is 9.37. The number of para-hydroxylation sites is 1. The summed E-state index contributed by atoms with van der Waals surface area (Å²) in [4.78, 5) is 24.8. The van der Waals surface area contributed by atoms with Crippen molar-refractivity contribution in [1.82, 2.24) is 10.6 Å². The average Bonchev–Trinajstić information content (AvgIpc) is 2.67. The highest BCUT2D eigenvalue weighted by atomic mass is 16.5. The second-order valence-corrected chi connectivity index (χ2v) is 7.28. The molecule has 1 aromatic rings. The van der Waals surface area contributed by atoms with Gasteiger partial charge >= 0.3 is 0 Å². The Bertz CT molecular complexity index is 693. The molecule has 7 heteroatoms. The van der Waals surface area contributed by atoms with Crippen LogP contribution in [0.1, 0.15) is 36.0 Å². The van der Waals surface area contributed by atoms with E-state index >= 15 is 0 Å². The van der Waals surface area contributed by atoms with E-state index < -0.39 is 0 Å². The molecular formula is C20H28N2O5. The molecule has 1 aliphatic carbocycles. The summed E-state index contributed by atoms with van der Waals surface area (Å²) in [5.41, 5.74) is 0.448. The number of carbonyl (C=O) groups excluding carboxylic acids is 2. The molecular weight excluding hydrogens is 348 g/mol. The monoisotopic (exact) mass is 376 g/mol. The molecule has 1 saturated carbocycles. The summed E-state index contributed by atoms with van der Waals surface area (Å²) in [5.74, 6) is 1.49. The predicted octanol–water partition coefficient (Wildman–Crippen LogP) is 1.75. The van der Waals surface area contributed by atoms with E-state index in [0.717, 1.165) is 19.3 Å². The van der Waals surface area contributed by atoms with Crippen LogP contribution in [0.5, 0.6) is 11.5 Å². The van der Waals surface area contributed by atoms with Crippen molar-refractivity contribution in [2.24, 2.45) is 11.8 Å². The largest absolute Gasteiger partial charge is 0.493 e. The minimum absolute atomic E-state index is 0.0104. The van der Waals surface area contributed by atoms with Crippen LogP contribution in [0.15, 0.2) is 18.2 Å². The van der Waals surface area contributed by atoms with Crippen LogP contribution < -0.4 is 20.1 Å². The lowest BCUT2D eigenvalue weighted by Crippen LogP contribution is -2.56. The molecule has 148 valence electrons. The van der Waals surface area contributed by atoms with E-state index in [2.05, 4.69) is 10.6 Å². The van der Waals surface area contributed by atoms with Crippen LogP contribution in [0.2, 0.25) is 0 Å². The third-order valence-corrected chi connectivity index (χ3v) is 5.67. The Labute approximate surface area is 159 Å². The van der Waals surface area contributed by atoms with E-state index in [1.807, 2.05) is 0 Å². The van der Waals surface area contributed by atoms with Crippen LogP contribution in [0.4, 0.5) is 0 Å². The molecule has 0 aromatic heterocycles. The van der Waals surface area contributed by atoms with Gasteiger partial charge in [0.25, 0.3) is 5.91 Å². The Morgan fingerprint density at radius 2 is 2.04 bits per heavy atom. The number of piperidine rings is 1. The summed E-state index contributed by atoms with van der Waals surface area (Å²) in [7, 11) is 4.74. The molecule has 2 amide bonds. The SMILES string of the molecule is COCC1CC(=O)NC2CC(NC(=O)c3cccc(OC)c3OC)CCC12. The second-order valence-electron chi connectivity index (χ2n) is 7.28. The fourth-order valence-electron chi connectivity index (χ4n) is 4.44. The first-order valence-corrected chi connectivity index (χ1v) is 9.37. The molecule has 1 aliphatic heterocycles. The molecule has 1 aromatic carbocycles. The molecule has 2 aliphatic rings. The van der Waals surface area contributed by atoms with Crippen LogP contribution in [-0.2, 0) is 9.53 Å². The molecule has 2 N–H and O–H groups in total. The van der Waals surface area contributed by atoms with E-state index in [0.29, 0.717) is 36.0 Å². The molecule has 0 radical (unpaired) electrons. The lowest BCUT2D eigenvalue weighted by molar-refractivity contribution is -0.128. The molecule has 1 heterocycles. The van der Waals surface area contributed by atoms with Gasteiger partial charge in [0, 0.05) is 32.2 Å². The number of ether oxygens (including phenoxy) is 3. The normalized spacial score (nSPS) is 27.3. The number of fused-ring (bicyclic) bond motifs is 1. The Morgan fingerprint density at radius 1 is 1.22 bits per heavy atom. The summed E-state index contributed by atoms with van der Waals surface area (Å²) in [5, 5.41) is 6.20. The standard InChI is InChI=1S/C20H28N2O5/c1-25-11-12-9-18(23)22-16-10-13(7-8-14(12)16)21-20(24)15-5-4-6-17(26-2)19(15)27-3/h4-6,12-14,16H,7-11H2,1-3H3,(H,21,24)(H,22,23). The Hall–Kier alpha value is -2.28. The lowest BCUT2D eigenvalue weighted by Gasteiger charge is -2.43. The van der Waals surface area contributed by atoms with Crippen molar-refractivity contribution in [2.45, 2.75) is 37.8 Å². The maximum atomic E-state index is 12.8. The van der Waals surface area contributed by atoms with Gasteiger partial charge in [-0.05, 0) is 43.2 Å². The van der Waals surface area contributed by atoms with Crippen LogP contribution in [-0.4, -0.2) is 51.8 Å². The van der Waals surface area contributed by atoms with Crippen molar-refractivity contribution in [2.75, 3.05) is 27.9 Å². The zero-order chi connectivity index (χ0) is 19.4. The quantitative estimate of drug-likeness (QED) is 0.790. The van der Waals surface area contributed by atoms with E-state index in [9.17, 15) is 9.59 Å². The van der Waals surface area contributed by atoms with Crippen molar-refractivity contribution in [3.63, 3.8) is 0 Å². The van der Waals surface area contributed by atoms with Crippen molar-refractivity contribution in [1.29, 1.82) is 0 Å². The number of hydrogen-bond donors (Lipinski definition) is 2. The number of amides is 2. The molecule has 0 spiro atoms. The van der Waals surface area contributed by atoms with E-state index in [-0.39, 0.29) is 29.8 Å². The van der Waals surface area contributed by atoms with Gasteiger partial charge in [0.05, 0.1) is 19.8 Å².